The monoisotopic (exact) mass is 609 g/mol. The topological polar surface area (TPSA) is 66.0 Å². The van der Waals surface area contributed by atoms with E-state index in [2.05, 4.69) is 95.4 Å². The molecular weight excluding hydrogens is 572 g/mol. The van der Waals surface area contributed by atoms with E-state index < -0.39 is 0 Å². The predicted octanol–water partition coefficient (Wildman–Crippen LogP) is 7.25. The summed E-state index contributed by atoms with van der Waals surface area (Å²) < 4.78 is 14.4. The molecule has 6 nitrogen and oxygen atoms in total. The van der Waals surface area contributed by atoms with E-state index in [1.54, 1.807) is 14.2 Å². The molecule has 5 aromatic carbocycles. The van der Waals surface area contributed by atoms with Crippen molar-refractivity contribution in [1.82, 2.24) is 0 Å². The maximum Gasteiger partial charge on any atom is 0.285 e. The fraction of sp³-hybridized carbons (Fsp3) is 0.175. The first-order valence-electron chi connectivity index (χ1n) is 15.5. The molecule has 0 spiro atoms. The molecule has 0 unspecified atom stereocenters. The van der Waals surface area contributed by atoms with Gasteiger partial charge in [0.25, 0.3) is 5.82 Å². The third kappa shape index (κ3) is 5.15. The molecule has 2 heterocycles. The Labute approximate surface area is 269 Å². The quantitative estimate of drug-likeness (QED) is 0.178. The van der Waals surface area contributed by atoms with Crippen molar-refractivity contribution >= 4 is 16.6 Å². The van der Waals surface area contributed by atoms with Crippen LogP contribution in [0.1, 0.15) is 11.1 Å². The summed E-state index contributed by atoms with van der Waals surface area (Å²) in [5.74, 6) is 2.40. The molecule has 46 heavy (non-hydrogen) atoms. The highest BCUT2D eigenvalue weighted by Gasteiger charge is 2.31. The van der Waals surface area contributed by atoms with Crippen LogP contribution in [0.2, 0.25) is 0 Å². The first-order chi connectivity index (χ1) is 22.5. The van der Waals surface area contributed by atoms with Crippen molar-refractivity contribution in [2.45, 2.75) is 19.8 Å². The molecule has 6 aromatic rings. The SMILES string of the molecule is COc1cc(-c2cc3cc(CO)c(CO)cc3c3[n+]2CCN3C)cc(-c2cc(-c3ccccc3)cc(-c3ccccc3)c2)c1OC. The van der Waals surface area contributed by atoms with E-state index in [1.165, 1.54) is 0 Å². The highest BCUT2D eigenvalue weighted by Crippen LogP contribution is 2.44. The Kier molecular flexibility index (Phi) is 7.91. The van der Waals surface area contributed by atoms with E-state index in [0.717, 1.165) is 85.4 Å². The van der Waals surface area contributed by atoms with Crippen LogP contribution in [-0.2, 0) is 19.8 Å². The van der Waals surface area contributed by atoms with Gasteiger partial charge < -0.3 is 19.7 Å². The molecule has 7 rings (SSSR count). The zero-order valence-electron chi connectivity index (χ0n) is 26.3. The molecule has 0 radical (unpaired) electrons. The Hall–Kier alpha value is -5.17. The fourth-order valence-corrected chi connectivity index (χ4v) is 6.74. The van der Waals surface area contributed by atoms with Gasteiger partial charge in [0.1, 0.15) is 18.8 Å². The molecule has 0 saturated carbocycles. The molecule has 1 aliphatic rings. The summed E-state index contributed by atoms with van der Waals surface area (Å²) >= 11 is 0. The lowest BCUT2D eigenvalue weighted by Gasteiger charge is -2.18. The number of benzene rings is 5. The van der Waals surface area contributed by atoms with E-state index in [1.807, 2.05) is 30.3 Å². The third-order valence-corrected chi connectivity index (χ3v) is 9.05. The number of aromatic nitrogens is 1. The van der Waals surface area contributed by atoms with E-state index in [-0.39, 0.29) is 13.2 Å². The molecular formula is C40H37N2O4+. The van der Waals surface area contributed by atoms with Crippen molar-refractivity contribution in [3.8, 4) is 56.1 Å². The zero-order valence-corrected chi connectivity index (χ0v) is 26.3. The zero-order chi connectivity index (χ0) is 31.8. The van der Waals surface area contributed by atoms with Crippen LogP contribution in [0.4, 0.5) is 5.82 Å². The maximum absolute atomic E-state index is 10.1. The summed E-state index contributed by atoms with van der Waals surface area (Å²) in [5.41, 5.74) is 9.95. The third-order valence-electron chi connectivity index (χ3n) is 9.05. The van der Waals surface area contributed by atoms with Crippen molar-refractivity contribution in [2.75, 3.05) is 32.7 Å². The van der Waals surface area contributed by atoms with Crippen molar-refractivity contribution in [3.05, 3.63) is 120 Å². The van der Waals surface area contributed by atoms with Crippen molar-refractivity contribution in [2.24, 2.45) is 0 Å². The molecule has 0 saturated heterocycles. The first kappa shape index (κ1) is 29.5. The minimum atomic E-state index is -0.136. The van der Waals surface area contributed by atoms with Crippen molar-refractivity contribution in [3.63, 3.8) is 0 Å². The fourth-order valence-electron chi connectivity index (χ4n) is 6.74. The number of hydrogen-bond donors (Lipinski definition) is 2. The Balaban J connectivity index is 1.49. The minimum absolute atomic E-state index is 0.122. The largest absolute Gasteiger partial charge is 0.493 e. The summed E-state index contributed by atoms with van der Waals surface area (Å²) in [4.78, 5) is 2.25. The van der Waals surface area contributed by atoms with Crippen LogP contribution in [0.15, 0.2) is 109 Å². The second kappa shape index (κ2) is 12.3. The lowest BCUT2D eigenvalue weighted by molar-refractivity contribution is -0.658. The summed E-state index contributed by atoms with van der Waals surface area (Å²) in [7, 11) is 5.46. The number of likely N-dealkylation sites (N-methyl/N-ethyl adjacent to an activating group) is 1. The van der Waals surface area contributed by atoms with Crippen LogP contribution < -0.4 is 18.9 Å². The molecule has 6 heteroatoms. The van der Waals surface area contributed by atoms with Gasteiger partial charge in [-0.2, -0.15) is 0 Å². The average molecular weight is 610 g/mol. The lowest BCUT2D eigenvalue weighted by Crippen LogP contribution is -2.34. The van der Waals surface area contributed by atoms with Gasteiger partial charge in [-0.15, -0.1) is 0 Å². The second-order valence-electron chi connectivity index (χ2n) is 11.7. The second-order valence-corrected chi connectivity index (χ2v) is 11.7. The van der Waals surface area contributed by atoms with E-state index in [9.17, 15) is 10.2 Å². The van der Waals surface area contributed by atoms with Gasteiger partial charge in [-0.25, -0.2) is 4.57 Å². The number of aliphatic hydroxyl groups excluding tert-OH is 2. The molecule has 0 fully saturated rings. The van der Waals surface area contributed by atoms with Gasteiger partial charge in [0.15, 0.2) is 11.5 Å². The maximum atomic E-state index is 10.1. The lowest BCUT2D eigenvalue weighted by atomic mass is 9.91. The molecule has 2 N–H and O–H groups in total. The van der Waals surface area contributed by atoms with Gasteiger partial charge in [-0.05, 0) is 92.9 Å². The number of nitrogens with zero attached hydrogens (tertiary/aromatic N) is 2. The van der Waals surface area contributed by atoms with Crippen LogP contribution in [-0.4, -0.2) is 38.0 Å². The molecule has 1 aromatic heterocycles. The summed E-state index contributed by atoms with van der Waals surface area (Å²) in [6.45, 7) is 1.42. The molecule has 0 bridgehead atoms. The van der Waals surface area contributed by atoms with Crippen LogP contribution >= 0.6 is 0 Å². The number of fused-ring (bicyclic) bond motifs is 3. The van der Waals surface area contributed by atoms with Gasteiger partial charge >= 0.3 is 0 Å². The molecule has 0 amide bonds. The van der Waals surface area contributed by atoms with Gasteiger partial charge in [0, 0.05) is 11.1 Å². The van der Waals surface area contributed by atoms with E-state index >= 15 is 0 Å². The van der Waals surface area contributed by atoms with Crippen LogP contribution in [0.3, 0.4) is 0 Å². The number of rotatable bonds is 8. The number of methoxy groups -OCH3 is 2. The predicted molar refractivity (Wildman–Crippen MR) is 184 cm³/mol. The van der Waals surface area contributed by atoms with Crippen LogP contribution in [0.25, 0.3) is 55.4 Å². The number of ether oxygens (including phenoxy) is 2. The van der Waals surface area contributed by atoms with E-state index in [4.69, 9.17) is 9.47 Å². The smallest absolute Gasteiger partial charge is 0.285 e. The Morgan fingerprint density at radius 3 is 1.85 bits per heavy atom. The molecule has 0 atom stereocenters. The Bertz CT molecular complexity index is 2000. The number of hydrogen-bond acceptors (Lipinski definition) is 5. The molecule has 1 aliphatic heterocycles. The molecule has 230 valence electrons. The normalized spacial score (nSPS) is 12.4. The number of aliphatic hydroxyl groups is 2. The first-order valence-corrected chi connectivity index (χ1v) is 15.5. The van der Waals surface area contributed by atoms with Gasteiger partial charge in [-0.3, -0.25) is 4.90 Å². The van der Waals surface area contributed by atoms with Gasteiger partial charge in [-0.1, -0.05) is 60.7 Å². The highest BCUT2D eigenvalue weighted by molar-refractivity contribution is 5.95. The highest BCUT2D eigenvalue weighted by atomic mass is 16.5. The molecule has 0 aliphatic carbocycles. The van der Waals surface area contributed by atoms with Crippen molar-refractivity contribution < 1.29 is 24.3 Å². The number of pyridine rings is 1. The van der Waals surface area contributed by atoms with Crippen molar-refractivity contribution in [1.29, 1.82) is 0 Å². The van der Waals surface area contributed by atoms with E-state index in [0.29, 0.717) is 11.5 Å². The van der Waals surface area contributed by atoms with Crippen LogP contribution in [0, 0.1) is 0 Å². The minimum Gasteiger partial charge on any atom is -0.493 e. The summed E-state index contributed by atoms with van der Waals surface area (Å²) in [6, 6.07) is 38.0. The van der Waals surface area contributed by atoms with Gasteiger partial charge in [0.2, 0.25) is 0 Å². The number of anilines is 1. The Morgan fingerprint density at radius 2 is 1.26 bits per heavy atom. The van der Waals surface area contributed by atoms with Gasteiger partial charge in [0.05, 0.1) is 39.9 Å². The Morgan fingerprint density at radius 1 is 0.652 bits per heavy atom. The standard InChI is InChI=1S/C40H37N2O4/c1-41-14-15-42-37(22-31-19-33(24-43)34(25-44)21-36(31)40(41)42)32-20-35(39(46-3)38(23-32)45-2)30-17-28(26-10-6-4-7-11-26)16-29(18-30)27-12-8-5-9-13-27/h4-13,16-23,43-44H,14-15,24-25H2,1-3H3/q+1. The summed E-state index contributed by atoms with van der Waals surface area (Å²) in [6.07, 6.45) is 0. The summed E-state index contributed by atoms with van der Waals surface area (Å²) in [5, 5.41) is 22.2. The average Bonchev–Trinajstić information content (AvgIpc) is 3.51. The van der Waals surface area contributed by atoms with Crippen LogP contribution in [0.5, 0.6) is 11.5 Å².